The summed E-state index contributed by atoms with van der Waals surface area (Å²) in [4.78, 5) is 25.0. The molecule has 0 saturated carbocycles. The van der Waals surface area contributed by atoms with Gasteiger partial charge in [-0.1, -0.05) is 0 Å². The number of hydrogen-bond acceptors (Lipinski definition) is 4. The third-order valence-electron chi connectivity index (χ3n) is 2.85. The van der Waals surface area contributed by atoms with E-state index in [2.05, 4.69) is 0 Å². The van der Waals surface area contributed by atoms with Crippen LogP contribution in [0.15, 0.2) is 24.3 Å². The van der Waals surface area contributed by atoms with Crippen LogP contribution in [0, 0.1) is 5.41 Å². The summed E-state index contributed by atoms with van der Waals surface area (Å²) in [5, 5.41) is 0. The average molecular weight is 249 g/mol. The molecule has 0 radical (unpaired) electrons. The largest absolute Gasteiger partial charge is 0.497 e. The highest BCUT2D eigenvalue weighted by atomic mass is 16.6. The van der Waals surface area contributed by atoms with Crippen LogP contribution in [0.4, 0.5) is 10.5 Å². The van der Waals surface area contributed by atoms with Crippen molar-refractivity contribution in [1.82, 2.24) is 0 Å². The van der Waals surface area contributed by atoms with Gasteiger partial charge < -0.3 is 9.47 Å². The van der Waals surface area contributed by atoms with E-state index in [0.717, 1.165) is 4.90 Å². The zero-order chi connectivity index (χ0) is 13.3. The van der Waals surface area contributed by atoms with Gasteiger partial charge in [0.15, 0.2) is 0 Å². The van der Waals surface area contributed by atoms with E-state index >= 15 is 0 Å². The van der Waals surface area contributed by atoms with Gasteiger partial charge in [-0.05, 0) is 38.1 Å². The molecule has 2 amide bonds. The van der Waals surface area contributed by atoms with Gasteiger partial charge in [-0.15, -0.1) is 0 Å². The molecule has 0 N–H and O–H groups in total. The fourth-order valence-corrected chi connectivity index (χ4v) is 1.71. The lowest BCUT2D eigenvalue weighted by Crippen LogP contribution is -2.52. The summed E-state index contributed by atoms with van der Waals surface area (Å²) in [7, 11) is 1.55. The molecule has 1 aromatic rings. The second-order valence-electron chi connectivity index (χ2n) is 4.78. The van der Waals surface area contributed by atoms with Gasteiger partial charge in [0.25, 0.3) is 0 Å². The van der Waals surface area contributed by atoms with Crippen molar-refractivity contribution in [3.8, 4) is 5.75 Å². The lowest BCUT2D eigenvalue weighted by Gasteiger charge is -2.34. The molecule has 0 unspecified atom stereocenters. The lowest BCUT2D eigenvalue weighted by molar-refractivity contribution is -0.130. The van der Waals surface area contributed by atoms with Gasteiger partial charge in [-0.2, -0.15) is 0 Å². The van der Waals surface area contributed by atoms with E-state index in [-0.39, 0.29) is 12.5 Å². The summed E-state index contributed by atoms with van der Waals surface area (Å²) >= 11 is 0. The first kappa shape index (κ1) is 12.4. The van der Waals surface area contributed by atoms with Crippen molar-refractivity contribution >= 4 is 17.7 Å². The average Bonchev–Trinajstić information content (AvgIpc) is 2.36. The fourth-order valence-electron chi connectivity index (χ4n) is 1.71. The number of anilines is 1. The van der Waals surface area contributed by atoms with Gasteiger partial charge in [-0.25, -0.2) is 9.69 Å². The Bertz CT molecular complexity index is 478. The molecule has 1 saturated heterocycles. The van der Waals surface area contributed by atoms with Crippen molar-refractivity contribution in [1.29, 1.82) is 0 Å². The maximum Gasteiger partial charge on any atom is 0.421 e. The Morgan fingerprint density at radius 1 is 1.22 bits per heavy atom. The zero-order valence-electron chi connectivity index (χ0n) is 10.6. The Hall–Kier alpha value is -2.04. The number of carbonyl (C=O) groups is 2. The number of benzene rings is 1. The maximum atomic E-state index is 12.2. The van der Waals surface area contributed by atoms with Gasteiger partial charge >= 0.3 is 6.09 Å². The van der Waals surface area contributed by atoms with Crippen LogP contribution in [0.3, 0.4) is 0 Å². The van der Waals surface area contributed by atoms with Gasteiger partial charge in [0, 0.05) is 0 Å². The number of cyclic esters (lactones) is 1. The molecule has 0 aromatic heterocycles. The molecule has 0 bridgehead atoms. The topological polar surface area (TPSA) is 55.8 Å². The van der Waals surface area contributed by atoms with Crippen molar-refractivity contribution < 1.29 is 19.1 Å². The van der Waals surface area contributed by atoms with Gasteiger partial charge in [0.05, 0.1) is 18.2 Å². The first-order valence-electron chi connectivity index (χ1n) is 5.61. The second-order valence-corrected chi connectivity index (χ2v) is 4.78. The van der Waals surface area contributed by atoms with E-state index in [1.54, 1.807) is 45.2 Å². The number of rotatable bonds is 2. The Labute approximate surface area is 105 Å². The molecule has 1 fully saturated rings. The van der Waals surface area contributed by atoms with Crippen LogP contribution in [-0.4, -0.2) is 25.7 Å². The Morgan fingerprint density at radius 2 is 1.83 bits per heavy atom. The van der Waals surface area contributed by atoms with E-state index in [0.29, 0.717) is 11.4 Å². The minimum atomic E-state index is -0.701. The molecule has 1 heterocycles. The zero-order valence-corrected chi connectivity index (χ0v) is 10.6. The summed E-state index contributed by atoms with van der Waals surface area (Å²) in [5.41, 5.74) is -0.216. The highest BCUT2D eigenvalue weighted by Crippen LogP contribution is 2.30. The minimum absolute atomic E-state index is 0.108. The van der Waals surface area contributed by atoms with Gasteiger partial charge in [-0.3, -0.25) is 4.79 Å². The van der Waals surface area contributed by atoms with E-state index in [1.807, 2.05) is 0 Å². The van der Waals surface area contributed by atoms with Gasteiger partial charge in [0.2, 0.25) is 5.91 Å². The predicted octanol–water partition coefficient (Wildman–Crippen LogP) is 2.20. The van der Waals surface area contributed by atoms with Gasteiger partial charge in [0.1, 0.15) is 12.4 Å². The molecule has 2 rings (SSSR count). The van der Waals surface area contributed by atoms with E-state index in [4.69, 9.17) is 9.47 Å². The summed E-state index contributed by atoms with van der Waals surface area (Å²) in [6.45, 7) is 3.61. The van der Waals surface area contributed by atoms with Crippen LogP contribution < -0.4 is 9.64 Å². The molecule has 0 aliphatic carbocycles. The molecule has 96 valence electrons. The third-order valence-corrected chi connectivity index (χ3v) is 2.85. The smallest absolute Gasteiger partial charge is 0.421 e. The highest BCUT2D eigenvalue weighted by Gasteiger charge is 2.42. The molecular formula is C13H15NO4. The van der Waals surface area contributed by atoms with Crippen molar-refractivity contribution in [3.05, 3.63) is 24.3 Å². The molecule has 5 nitrogen and oxygen atoms in total. The maximum absolute atomic E-state index is 12.2. The number of nitrogens with zero attached hydrogens (tertiary/aromatic N) is 1. The number of carbonyl (C=O) groups excluding carboxylic acids is 2. The predicted molar refractivity (Wildman–Crippen MR) is 65.6 cm³/mol. The number of methoxy groups -OCH3 is 1. The van der Waals surface area contributed by atoms with E-state index in [1.165, 1.54) is 0 Å². The summed E-state index contributed by atoms with van der Waals surface area (Å²) < 4.78 is 10.1. The Kier molecular flexibility index (Phi) is 2.98. The Balaban J connectivity index is 2.34. The lowest BCUT2D eigenvalue weighted by atomic mass is 9.91. The summed E-state index contributed by atoms with van der Waals surface area (Å²) in [6, 6.07) is 6.69. The number of imide groups is 1. The fraction of sp³-hybridized carbons (Fsp3) is 0.385. The molecule has 0 atom stereocenters. The molecule has 1 aromatic carbocycles. The Morgan fingerprint density at radius 3 is 2.39 bits per heavy atom. The molecule has 5 heteroatoms. The SMILES string of the molecule is COc1ccc(N2C(=O)OCC(C)(C)C2=O)cc1. The molecule has 18 heavy (non-hydrogen) atoms. The van der Waals surface area contributed by atoms with E-state index in [9.17, 15) is 9.59 Å². The van der Waals surface area contributed by atoms with Crippen LogP contribution in [-0.2, 0) is 9.53 Å². The van der Waals surface area contributed by atoms with Crippen LogP contribution in [0.5, 0.6) is 5.75 Å². The highest BCUT2D eigenvalue weighted by molar-refractivity contribution is 6.15. The summed E-state index contributed by atoms with van der Waals surface area (Å²) in [6.07, 6.45) is -0.635. The van der Waals surface area contributed by atoms with Crippen molar-refractivity contribution in [2.24, 2.45) is 5.41 Å². The van der Waals surface area contributed by atoms with Crippen LogP contribution in [0.25, 0.3) is 0 Å². The number of ether oxygens (including phenoxy) is 2. The van der Waals surface area contributed by atoms with Crippen LogP contribution in [0.1, 0.15) is 13.8 Å². The summed E-state index contributed by atoms with van der Waals surface area (Å²) in [5.74, 6) is 0.403. The second kappa shape index (κ2) is 4.33. The van der Waals surface area contributed by atoms with E-state index < -0.39 is 11.5 Å². The number of hydrogen-bond donors (Lipinski definition) is 0. The monoisotopic (exact) mass is 249 g/mol. The number of amides is 2. The quantitative estimate of drug-likeness (QED) is 0.806. The third kappa shape index (κ3) is 2.03. The first-order valence-corrected chi connectivity index (χ1v) is 5.61. The van der Waals surface area contributed by atoms with Crippen LogP contribution in [0.2, 0.25) is 0 Å². The molecule has 1 aliphatic heterocycles. The normalized spacial score (nSPS) is 18.5. The molecular weight excluding hydrogens is 234 g/mol. The molecule has 1 aliphatic rings. The van der Waals surface area contributed by atoms with Crippen molar-refractivity contribution in [3.63, 3.8) is 0 Å². The van der Waals surface area contributed by atoms with Crippen molar-refractivity contribution in [2.75, 3.05) is 18.6 Å². The van der Waals surface area contributed by atoms with Crippen LogP contribution >= 0.6 is 0 Å². The standard InChI is InChI=1S/C13H15NO4/c1-13(2)8-18-12(16)14(11(13)15)9-4-6-10(17-3)7-5-9/h4-7H,8H2,1-3H3. The molecule has 0 spiro atoms. The van der Waals surface area contributed by atoms with Crippen molar-refractivity contribution in [2.45, 2.75) is 13.8 Å². The minimum Gasteiger partial charge on any atom is -0.497 e. The first-order chi connectivity index (χ1) is 8.45.